The molecular weight excluding hydrogens is 320 g/mol. The number of aliphatic imine (C=N–C) groups is 1. The number of isocyanates is 1. The number of ether oxygens (including phenoxy) is 2. The highest BCUT2D eigenvalue weighted by molar-refractivity contribution is 5.84. The number of nitrogens with zero attached hydrogens (tertiary/aromatic N) is 2. The molecule has 0 aliphatic heterocycles. The van der Waals surface area contributed by atoms with Gasteiger partial charge in [0.05, 0.1) is 19.4 Å². The standard InChI is InChI=1S/C19H20N2O4/c1-4-25-18(23)9-15-13-7-12(2)10-19(15,20-11-22)14-5-6-17(24-3)21-16(14)8-13/h5-7,9,13H,4,8,10H2,1-3H3/t13-,19-/m1/s1. The summed E-state index contributed by atoms with van der Waals surface area (Å²) in [4.78, 5) is 32.1. The highest BCUT2D eigenvalue weighted by Gasteiger charge is 2.48. The second kappa shape index (κ2) is 6.65. The normalized spacial score (nSPS) is 25.5. The van der Waals surface area contributed by atoms with E-state index in [1.165, 1.54) is 6.08 Å². The molecule has 1 aromatic heterocycles. The Balaban J connectivity index is 2.23. The molecule has 0 unspecified atom stereocenters. The number of hydrogen-bond acceptors (Lipinski definition) is 6. The van der Waals surface area contributed by atoms with Gasteiger partial charge in [-0.05, 0) is 25.5 Å². The lowest BCUT2D eigenvalue weighted by atomic mass is 9.63. The monoisotopic (exact) mass is 340 g/mol. The minimum absolute atomic E-state index is 0.0673. The Morgan fingerprint density at radius 3 is 3.00 bits per heavy atom. The lowest BCUT2D eigenvalue weighted by Crippen LogP contribution is -2.40. The van der Waals surface area contributed by atoms with Crippen molar-refractivity contribution in [2.24, 2.45) is 10.9 Å². The van der Waals surface area contributed by atoms with E-state index in [1.54, 1.807) is 26.2 Å². The maximum absolute atomic E-state index is 12.1. The fourth-order valence-electron chi connectivity index (χ4n) is 3.84. The third-order valence-electron chi connectivity index (χ3n) is 4.71. The van der Waals surface area contributed by atoms with Crippen LogP contribution >= 0.6 is 0 Å². The molecule has 2 bridgehead atoms. The number of carbonyl (C=O) groups is 1. The number of methoxy groups -OCH3 is 1. The van der Waals surface area contributed by atoms with Gasteiger partial charge in [0, 0.05) is 36.5 Å². The zero-order valence-electron chi connectivity index (χ0n) is 14.5. The molecule has 0 N–H and O–H groups in total. The van der Waals surface area contributed by atoms with E-state index < -0.39 is 11.5 Å². The number of fused-ring (bicyclic) bond motifs is 4. The largest absolute Gasteiger partial charge is 0.481 e. The quantitative estimate of drug-likeness (QED) is 0.277. The number of carbonyl (C=O) groups excluding carboxylic acids is 2. The van der Waals surface area contributed by atoms with Crippen molar-refractivity contribution in [2.45, 2.75) is 32.2 Å². The van der Waals surface area contributed by atoms with E-state index in [4.69, 9.17) is 9.47 Å². The van der Waals surface area contributed by atoms with E-state index in [2.05, 4.69) is 16.1 Å². The van der Waals surface area contributed by atoms with Gasteiger partial charge in [0.25, 0.3) is 0 Å². The van der Waals surface area contributed by atoms with Crippen LogP contribution in [-0.4, -0.2) is 30.7 Å². The molecule has 0 spiro atoms. The van der Waals surface area contributed by atoms with Crippen molar-refractivity contribution >= 4 is 12.0 Å². The van der Waals surface area contributed by atoms with Gasteiger partial charge in [0.2, 0.25) is 12.0 Å². The minimum atomic E-state index is -0.954. The van der Waals surface area contributed by atoms with E-state index in [-0.39, 0.29) is 5.92 Å². The Morgan fingerprint density at radius 1 is 1.52 bits per heavy atom. The van der Waals surface area contributed by atoms with Gasteiger partial charge in [0.1, 0.15) is 5.54 Å². The summed E-state index contributed by atoms with van der Waals surface area (Å²) in [7, 11) is 1.56. The zero-order chi connectivity index (χ0) is 18.0. The van der Waals surface area contributed by atoms with E-state index >= 15 is 0 Å². The third kappa shape index (κ3) is 2.89. The molecule has 130 valence electrons. The van der Waals surface area contributed by atoms with Gasteiger partial charge in [-0.2, -0.15) is 4.99 Å². The van der Waals surface area contributed by atoms with E-state index in [9.17, 15) is 9.59 Å². The summed E-state index contributed by atoms with van der Waals surface area (Å²) in [5, 5.41) is 0. The molecular formula is C19H20N2O4. The van der Waals surface area contributed by atoms with Gasteiger partial charge in [-0.25, -0.2) is 14.6 Å². The summed E-state index contributed by atoms with van der Waals surface area (Å²) in [5.41, 5.74) is 2.57. The van der Waals surface area contributed by atoms with E-state index in [0.29, 0.717) is 25.3 Å². The first-order chi connectivity index (χ1) is 12.0. The maximum Gasteiger partial charge on any atom is 0.330 e. The van der Waals surface area contributed by atoms with Crippen molar-refractivity contribution in [2.75, 3.05) is 13.7 Å². The summed E-state index contributed by atoms with van der Waals surface area (Å²) in [6, 6.07) is 3.62. The lowest BCUT2D eigenvalue weighted by Gasteiger charge is -2.43. The molecule has 6 heteroatoms. The van der Waals surface area contributed by atoms with Crippen molar-refractivity contribution in [3.8, 4) is 5.88 Å². The van der Waals surface area contributed by atoms with Crippen LogP contribution in [0.15, 0.2) is 40.4 Å². The molecule has 1 heterocycles. The number of hydrogen-bond donors (Lipinski definition) is 0. The summed E-state index contributed by atoms with van der Waals surface area (Å²) >= 11 is 0. The summed E-state index contributed by atoms with van der Waals surface area (Å²) in [5.74, 6) is 0.0220. The zero-order valence-corrected chi connectivity index (χ0v) is 14.5. The predicted octanol–water partition coefficient (Wildman–Crippen LogP) is 2.63. The van der Waals surface area contributed by atoms with Crippen molar-refractivity contribution in [1.82, 2.24) is 4.98 Å². The van der Waals surface area contributed by atoms with Crippen LogP contribution in [0.1, 0.15) is 31.5 Å². The predicted molar refractivity (Wildman–Crippen MR) is 90.9 cm³/mol. The van der Waals surface area contributed by atoms with Crippen molar-refractivity contribution < 1.29 is 19.1 Å². The molecule has 0 saturated heterocycles. The molecule has 25 heavy (non-hydrogen) atoms. The number of aromatic nitrogens is 1. The van der Waals surface area contributed by atoms with E-state index in [0.717, 1.165) is 22.4 Å². The van der Waals surface area contributed by atoms with Crippen molar-refractivity contribution in [1.29, 1.82) is 0 Å². The topological polar surface area (TPSA) is 77.8 Å². The average molecular weight is 340 g/mol. The van der Waals surface area contributed by atoms with E-state index in [1.807, 2.05) is 13.0 Å². The minimum Gasteiger partial charge on any atom is -0.481 e. The lowest BCUT2D eigenvalue weighted by molar-refractivity contribution is -0.137. The Morgan fingerprint density at radius 2 is 2.32 bits per heavy atom. The molecule has 2 aliphatic rings. The fourth-order valence-corrected chi connectivity index (χ4v) is 3.84. The number of pyridine rings is 1. The number of rotatable bonds is 4. The van der Waals surface area contributed by atoms with Crippen molar-refractivity contribution in [3.05, 3.63) is 46.7 Å². The molecule has 2 atom stereocenters. The van der Waals surface area contributed by atoms with Gasteiger partial charge < -0.3 is 9.47 Å². The van der Waals surface area contributed by atoms with Crippen LogP contribution < -0.4 is 4.74 Å². The molecule has 0 fully saturated rings. The number of allylic oxidation sites excluding steroid dienone is 1. The maximum atomic E-state index is 12.1. The molecule has 0 amide bonds. The second-order valence-electron chi connectivity index (χ2n) is 6.26. The summed E-state index contributed by atoms with van der Waals surface area (Å²) in [6.45, 7) is 4.06. The summed E-state index contributed by atoms with van der Waals surface area (Å²) < 4.78 is 10.3. The van der Waals surface area contributed by atoms with Crippen LogP contribution in [0.2, 0.25) is 0 Å². The van der Waals surface area contributed by atoms with Gasteiger partial charge >= 0.3 is 5.97 Å². The van der Waals surface area contributed by atoms with Gasteiger partial charge in [0.15, 0.2) is 0 Å². The molecule has 1 aromatic rings. The number of esters is 1. The van der Waals surface area contributed by atoms with Crippen LogP contribution in [0, 0.1) is 5.92 Å². The highest BCUT2D eigenvalue weighted by Crippen LogP contribution is 2.52. The fraction of sp³-hybridized carbons (Fsp3) is 0.421. The first-order valence-electron chi connectivity index (χ1n) is 8.23. The van der Waals surface area contributed by atoms with Crippen LogP contribution in [0.5, 0.6) is 5.88 Å². The Labute approximate surface area is 146 Å². The van der Waals surface area contributed by atoms with Crippen LogP contribution in [0.25, 0.3) is 0 Å². The van der Waals surface area contributed by atoms with Crippen LogP contribution in [0.4, 0.5) is 0 Å². The van der Waals surface area contributed by atoms with Crippen LogP contribution in [-0.2, 0) is 26.3 Å². The van der Waals surface area contributed by atoms with Gasteiger partial charge in [-0.15, -0.1) is 0 Å². The molecule has 2 aliphatic carbocycles. The molecule has 0 saturated carbocycles. The molecule has 6 nitrogen and oxygen atoms in total. The highest BCUT2D eigenvalue weighted by atomic mass is 16.5. The third-order valence-corrected chi connectivity index (χ3v) is 4.71. The van der Waals surface area contributed by atoms with Crippen molar-refractivity contribution in [3.63, 3.8) is 0 Å². The smallest absolute Gasteiger partial charge is 0.330 e. The van der Waals surface area contributed by atoms with Crippen LogP contribution in [0.3, 0.4) is 0 Å². The molecule has 3 rings (SSSR count). The SMILES string of the molecule is CCOC(=O)C=C1[C@@H]2C=C(C)C[C@@]1(N=C=O)c1ccc(OC)nc1C2. The first kappa shape index (κ1) is 17.1. The second-order valence-corrected chi connectivity index (χ2v) is 6.26. The van der Waals surface area contributed by atoms with Gasteiger partial charge in [-0.1, -0.05) is 11.6 Å². The average Bonchev–Trinajstić information content (AvgIpc) is 2.57. The summed E-state index contributed by atoms with van der Waals surface area (Å²) in [6.07, 6.45) is 6.41. The Kier molecular flexibility index (Phi) is 4.55. The Bertz CT molecular complexity index is 821. The Hall–Kier alpha value is -2.72. The molecule has 0 radical (unpaired) electrons. The molecule has 0 aromatic carbocycles. The van der Waals surface area contributed by atoms with Gasteiger partial charge in [-0.3, -0.25) is 0 Å². The first-order valence-corrected chi connectivity index (χ1v) is 8.23.